The zero-order valence-corrected chi connectivity index (χ0v) is 12.9. The summed E-state index contributed by atoms with van der Waals surface area (Å²) in [6.07, 6.45) is 3.42. The average Bonchev–Trinajstić information content (AvgIpc) is 2.93. The van der Waals surface area contributed by atoms with Crippen LogP contribution in [0.25, 0.3) is 0 Å². The second-order valence-electron chi connectivity index (χ2n) is 4.56. The van der Waals surface area contributed by atoms with Crippen molar-refractivity contribution in [2.24, 2.45) is 0 Å². The number of amides is 1. The number of aryl methyl sites for hydroxylation is 1. The van der Waals surface area contributed by atoms with Crippen LogP contribution in [0.4, 0.5) is 5.13 Å². The molecule has 0 saturated carbocycles. The lowest BCUT2D eigenvalue weighted by Gasteiger charge is -2.05. The minimum absolute atomic E-state index is 0.107. The Morgan fingerprint density at radius 2 is 2.10 bits per heavy atom. The number of unbranched alkanes of at least 4 members (excludes halogenated alkanes) is 1. The lowest BCUT2D eigenvalue weighted by molar-refractivity contribution is -0.116. The third-order valence-electron chi connectivity index (χ3n) is 2.80. The van der Waals surface area contributed by atoms with Crippen molar-refractivity contribution in [2.75, 3.05) is 11.9 Å². The number of nitrogens with zero attached hydrogens (tertiary/aromatic N) is 2. The molecule has 0 saturated heterocycles. The zero-order chi connectivity index (χ0) is 14.9. The van der Waals surface area contributed by atoms with Crippen molar-refractivity contribution in [1.82, 2.24) is 10.2 Å². The van der Waals surface area contributed by atoms with Crippen molar-refractivity contribution in [3.63, 3.8) is 0 Å². The third-order valence-corrected chi connectivity index (χ3v) is 3.70. The Labute approximate surface area is 128 Å². The molecule has 0 spiro atoms. The molecule has 6 heteroatoms. The Balaban J connectivity index is 1.70. The molecule has 112 valence electrons. The molecule has 1 aromatic heterocycles. The molecular weight excluding hydrogens is 286 g/mol. The van der Waals surface area contributed by atoms with E-state index in [1.807, 2.05) is 30.3 Å². The summed E-state index contributed by atoms with van der Waals surface area (Å²) in [4.78, 5) is 11.8. The maximum Gasteiger partial charge on any atom is 0.229 e. The van der Waals surface area contributed by atoms with Crippen LogP contribution in [0.1, 0.15) is 31.2 Å². The van der Waals surface area contributed by atoms with Crippen molar-refractivity contribution in [2.45, 2.75) is 32.6 Å². The number of ether oxygens (including phenoxy) is 1. The molecule has 0 aliphatic rings. The minimum Gasteiger partial charge on any atom is -0.493 e. The molecule has 1 aromatic carbocycles. The normalized spacial score (nSPS) is 10.3. The zero-order valence-electron chi connectivity index (χ0n) is 12.0. The van der Waals surface area contributed by atoms with Crippen LogP contribution in [-0.2, 0) is 11.2 Å². The smallest absolute Gasteiger partial charge is 0.229 e. The average molecular weight is 305 g/mol. The number of hydrogen-bond donors (Lipinski definition) is 1. The van der Waals surface area contributed by atoms with Crippen LogP contribution < -0.4 is 10.1 Å². The number of carbonyl (C=O) groups is 1. The van der Waals surface area contributed by atoms with E-state index >= 15 is 0 Å². The first kappa shape index (κ1) is 15.4. The Hall–Kier alpha value is -1.95. The lowest BCUT2D eigenvalue weighted by atomic mass is 10.3. The highest BCUT2D eigenvalue weighted by Gasteiger charge is 2.08. The quantitative estimate of drug-likeness (QED) is 0.813. The molecule has 21 heavy (non-hydrogen) atoms. The number of rotatable bonds is 8. The Morgan fingerprint density at radius 1 is 1.29 bits per heavy atom. The van der Waals surface area contributed by atoms with Crippen LogP contribution in [0.3, 0.4) is 0 Å². The minimum atomic E-state index is -0.107. The molecule has 0 bridgehead atoms. The van der Waals surface area contributed by atoms with Gasteiger partial charge in [0.25, 0.3) is 0 Å². The molecule has 5 nitrogen and oxygen atoms in total. The summed E-state index contributed by atoms with van der Waals surface area (Å²) < 4.78 is 5.48. The second-order valence-corrected chi connectivity index (χ2v) is 5.63. The first-order chi connectivity index (χ1) is 10.3. The number of para-hydroxylation sites is 1. The van der Waals surface area contributed by atoms with Gasteiger partial charge in [-0.2, -0.15) is 0 Å². The van der Waals surface area contributed by atoms with Gasteiger partial charge in [-0.25, -0.2) is 0 Å². The predicted molar refractivity (Wildman–Crippen MR) is 83.7 cm³/mol. The summed E-state index contributed by atoms with van der Waals surface area (Å²) in [5, 5.41) is 12.3. The summed E-state index contributed by atoms with van der Waals surface area (Å²) in [7, 11) is 0. The van der Waals surface area contributed by atoms with Gasteiger partial charge in [-0.15, -0.1) is 10.2 Å². The van der Waals surface area contributed by atoms with Crippen molar-refractivity contribution < 1.29 is 9.53 Å². The molecular formula is C15H19N3O2S. The fourth-order valence-corrected chi connectivity index (χ4v) is 2.49. The van der Waals surface area contributed by atoms with E-state index in [0.717, 1.165) is 30.0 Å². The van der Waals surface area contributed by atoms with Crippen LogP contribution in [-0.4, -0.2) is 22.7 Å². The highest BCUT2D eigenvalue weighted by molar-refractivity contribution is 7.15. The molecule has 1 N–H and O–H groups in total. The number of aromatic nitrogens is 2. The Morgan fingerprint density at radius 3 is 2.86 bits per heavy atom. The maximum atomic E-state index is 11.8. The van der Waals surface area contributed by atoms with E-state index in [4.69, 9.17) is 4.74 Å². The van der Waals surface area contributed by atoms with Crippen LogP contribution in [0.15, 0.2) is 30.3 Å². The van der Waals surface area contributed by atoms with E-state index in [-0.39, 0.29) is 5.91 Å². The fourth-order valence-electron chi connectivity index (χ4n) is 1.69. The molecule has 0 fully saturated rings. The number of anilines is 1. The first-order valence-corrected chi connectivity index (χ1v) is 7.89. The number of nitrogens with one attached hydrogen (secondary N) is 1. The van der Waals surface area contributed by atoms with Gasteiger partial charge in [0.15, 0.2) is 0 Å². The van der Waals surface area contributed by atoms with Crippen LogP contribution in [0, 0.1) is 0 Å². The molecule has 2 rings (SSSR count). The van der Waals surface area contributed by atoms with E-state index < -0.39 is 0 Å². The highest BCUT2D eigenvalue weighted by Crippen LogP contribution is 2.17. The Kier molecular flexibility index (Phi) is 6.15. The second kappa shape index (κ2) is 8.36. The van der Waals surface area contributed by atoms with Gasteiger partial charge in [0.05, 0.1) is 13.0 Å². The van der Waals surface area contributed by atoms with Crippen LogP contribution in [0.2, 0.25) is 0 Å². The third kappa shape index (κ3) is 5.51. The predicted octanol–water partition coefficient (Wildman–Crippen LogP) is 3.29. The van der Waals surface area contributed by atoms with Crippen LogP contribution in [0.5, 0.6) is 5.75 Å². The van der Waals surface area contributed by atoms with Crippen molar-refractivity contribution >= 4 is 22.4 Å². The standard InChI is InChI=1S/C15H19N3O2S/c1-2-3-9-14-17-18-15(21-14)16-13(19)10-11-20-12-7-5-4-6-8-12/h4-8H,2-3,9-11H2,1H3,(H,16,18,19). The monoisotopic (exact) mass is 305 g/mol. The summed E-state index contributed by atoms with van der Waals surface area (Å²) in [6.45, 7) is 2.48. The number of hydrogen-bond acceptors (Lipinski definition) is 5. The maximum absolute atomic E-state index is 11.8. The van der Waals surface area contributed by atoms with Crippen molar-refractivity contribution in [1.29, 1.82) is 0 Å². The van der Waals surface area contributed by atoms with Crippen LogP contribution >= 0.6 is 11.3 Å². The van der Waals surface area contributed by atoms with Gasteiger partial charge >= 0.3 is 0 Å². The molecule has 0 radical (unpaired) electrons. The van der Waals surface area contributed by atoms with Crippen molar-refractivity contribution in [3.8, 4) is 5.75 Å². The van der Waals surface area contributed by atoms with E-state index in [1.165, 1.54) is 11.3 Å². The largest absolute Gasteiger partial charge is 0.493 e. The van der Waals surface area contributed by atoms with Gasteiger partial charge in [0, 0.05) is 6.42 Å². The molecule has 0 unspecified atom stereocenters. The molecule has 0 aliphatic heterocycles. The van der Waals surface area contributed by atoms with Gasteiger partial charge in [-0.3, -0.25) is 4.79 Å². The van der Waals surface area contributed by atoms with Gasteiger partial charge in [0.1, 0.15) is 10.8 Å². The lowest BCUT2D eigenvalue weighted by Crippen LogP contribution is -2.15. The molecule has 0 atom stereocenters. The summed E-state index contributed by atoms with van der Waals surface area (Å²) in [5.41, 5.74) is 0. The molecule has 1 heterocycles. The van der Waals surface area contributed by atoms with E-state index in [2.05, 4.69) is 22.4 Å². The summed E-state index contributed by atoms with van der Waals surface area (Å²) in [5.74, 6) is 0.659. The summed E-state index contributed by atoms with van der Waals surface area (Å²) in [6, 6.07) is 9.44. The van der Waals surface area contributed by atoms with Gasteiger partial charge < -0.3 is 10.1 Å². The summed E-state index contributed by atoms with van der Waals surface area (Å²) >= 11 is 1.44. The van der Waals surface area contributed by atoms with Gasteiger partial charge in [-0.1, -0.05) is 42.9 Å². The molecule has 1 amide bonds. The molecule has 0 aliphatic carbocycles. The van der Waals surface area contributed by atoms with E-state index in [9.17, 15) is 4.79 Å². The number of carbonyl (C=O) groups excluding carboxylic acids is 1. The fraction of sp³-hybridized carbons (Fsp3) is 0.400. The number of benzene rings is 1. The van der Waals surface area contributed by atoms with E-state index in [1.54, 1.807) is 0 Å². The topological polar surface area (TPSA) is 64.1 Å². The first-order valence-electron chi connectivity index (χ1n) is 7.08. The Bertz CT molecular complexity index is 557. The highest BCUT2D eigenvalue weighted by atomic mass is 32.1. The van der Waals surface area contributed by atoms with Gasteiger partial charge in [0.2, 0.25) is 11.0 Å². The van der Waals surface area contributed by atoms with E-state index in [0.29, 0.717) is 18.2 Å². The SMILES string of the molecule is CCCCc1nnc(NC(=O)CCOc2ccccc2)s1. The molecule has 2 aromatic rings. The van der Waals surface area contributed by atoms with Crippen molar-refractivity contribution in [3.05, 3.63) is 35.3 Å². The van der Waals surface area contributed by atoms with Gasteiger partial charge in [-0.05, 0) is 18.6 Å².